The first-order valence-corrected chi connectivity index (χ1v) is 9.75. The molecule has 0 atom stereocenters. The summed E-state index contributed by atoms with van der Waals surface area (Å²) in [5.41, 5.74) is 3.09. The van der Waals surface area contributed by atoms with Crippen LogP contribution in [-0.4, -0.2) is 37.2 Å². The molecule has 0 unspecified atom stereocenters. The number of nitrogens with zero attached hydrogens (tertiary/aromatic N) is 5. The summed E-state index contributed by atoms with van der Waals surface area (Å²) >= 11 is 1.57. The van der Waals surface area contributed by atoms with Crippen LogP contribution in [0.1, 0.15) is 27.4 Å². The molecule has 0 aliphatic carbocycles. The number of aryl methyl sites for hydroxylation is 1. The molecule has 0 saturated carbocycles. The summed E-state index contributed by atoms with van der Waals surface area (Å²) in [6.07, 6.45) is 3.78. The van der Waals surface area contributed by atoms with Crippen molar-refractivity contribution >= 4 is 23.4 Å². The van der Waals surface area contributed by atoms with Gasteiger partial charge in [0.05, 0.1) is 19.3 Å². The molecule has 0 fully saturated rings. The van der Waals surface area contributed by atoms with Gasteiger partial charge in [0.15, 0.2) is 10.8 Å². The van der Waals surface area contributed by atoms with Crippen LogP contribution in [0.5, 0.6) is 0 Å². The summed E-state index contributed by atoms with van der Waals surface area (Å²) in [5.74, 6) is 1.10. The van der Waals surface area contributed by atoms with Gasteiger partial charge in [-0.1, -0.05) is 42.1 Å². The van der Waals surface area contributed by atoms with Crippen molar-refractivity contribution in [1.82, 2.24) is 24.1 Å². The monoisotopic (exact) mass is 393 g/mol. The zero-order chi connectivity index (χ0) is 19.5. The van der Waals surface area contributed by atoms with E-state index in [0.717, 1.165) is 23.2 Å². The predicted octanol–water partition coefficient (Wildman–Crippen LogP) is 3.36. The topological polar surface area (TPSA) is 74.3 Å². The number of esters is 1. The Morgan fingerprint density at radius 1 is 1.14 bits per heavy atom. The largest absolute Gasteiger partial charge is 0.465 e. The number of aromatic nitrogens is 5. The lowest BCUT2D eigenvalue weighted by molar-refractivity contribution is 0.0602. The van der Waals surface area contributed by atoms with E-state index in [0.29, 0.717) is 17.0 Å². The highest BCUT2D eigenvalue weighted by Gasteiger charge is 2.15. The van der Waals surface area contributed by atoms with Gasteiger partial charge in [-0.05, 0) is 24.6 Å². The van der Waals surface area contributed by atoms with E-state index in [-0.39, 0.29) is 0 Å². The summed E-state index contributed by atoms with van der Waals surface area (Å²) in [6.45, 7) is 2.67. The SMILES string of the molecule is COC(=O)c1cccn2cc(CSc3nnc(C)n3Cc3ccccc3)nc12. The van der Waals surface area contributed by atoms with Crippen molar-refractivity contribution < 1.29 is 9.53 Å². The van der Waals surface area contributed by atoms with Gasteiger partial charge < -0.3 is 13.7 Å². The highest BCUT2D eigenvalue weighted by Crippen LogP contribution is 2.23. The summed E-state index contributed by atoms with van der Waals surface area (Å²) < 4.78 is 8.77. The van der Waals surface area contributed by atoms with Gasteiger partial charge in [0, 0.05) is 18.1 Å². The quantitative estimate of drug-likeness (QED) is 0.369. The maximum absolute atomic E-state index is 11.9. The van der Waals surface area contributed by atoms with Crippen LogP contribution in [0.25, 0.3) is 5.65 Å². The maximum atomic E-state index is 11.9. The van der Waals surface area contributed by atoms with Crippen LogP contribution in [0.4, 0.5) is 0 Å². The summed E-state index contributed by atoms with van der Waals surface area (Å²) in [5, 5.41) is 9.37. The standard InChI is InChI=1S/C20H19N5O2S/c1-14-22-23-20(25(14)11-15-7-4-3-5-8-15)28-13-16-12-24-10-6-9-17(18(24)21-16)19(26)27-2/h3-10,12H,11,13H2,1-2H3. The average molecular weight is 393 g/mol. The molecule has 28 heavy (non-hydrogen) atoms. The lowest BCUT2D eigenvalue weighted by atomic mass is 10.2. The molecule has 0 radical (unpaired) electrons. The number of hydrogen-bond donors (Lipinski definition) is 0. The lowest BCUT2D eigenvalue weighted by Crippen LogP contribution is -2.04. The van der Waals surface area contributed by atoms with Crippen molar-refractivity contribution in [1.29, 1.82) is 0 Å². The van der Waals surface area contributed by atoms with E-state index in [9.17, 15) is 4.79 Å². The predicted molar refractivity (Wildman–Crippen MR) is 106 cm³/mol. The molecule has 0 aliphatic heterocycles. The molecular weight excluding hydrogens is 374 g/mol. The van der Waals surface area contributed by atoms with Crippen molar-refractivity contribution in [2.75, 3.05) is 7.11 Å². The highest BCUT2D eigenvalue weighted by atomic mass is 32.2. The van der Waals surface area contributed by atoms with E-state index < -0.39 is 5.97 Å². The Morgan fingerprint density at radius 3 is 2.75 bits per heavy atom. The van der Waals surface area contributed by atoms with Crippen molar-refractivity contribution in [3.8, 4) is 0 Å². The molecule has 3 aromatic heterocycles. The number of hydrogen-bond acceptors (Lipinski definition) is 6. The van der Waals surface area contributed by atoms with Crippen molar-refractivity contribution in [2.45, 2.75) is 24.4 Å². The Balaban J connectivity index is 1.55. The van der Waals surface area contributed by atoms with Crippen LogP contribution in [0.2, 0.25) is 0 Å². The van der Waals surface area contributed by atoms with E-state index >= 15 is 0 Å². The van der Waals surface area contributed by atoms with Crippen LogP contribution in [-0.2, 0) is 17.0 Å². The fourth-order valence-electron chi connectivity index (χ4n) is 2.96. The van der Waals surface area contributed by atoms with Crippen molar-refractivity contribution in [3.05, 3.63) is 77.5 Å². The smallest absolute Gasteiger partial charge is 0.341 e. The fraction of sp³-hybridized carbons (Fsp3) is 0.200. The third kappa shape index (κ3) is 3.63. The zero-order valence-electron chi connectivity index (χ0n) is 15.6. The molecule has 0 saturated heterocycles. The third-order valence-corrected chi connectivity index (χ3v) is 5.37. The van der Waals surface area contributed by atoms with E-state index in [1.54, 1.807) is 23.9 Å². The highest BCUT2D eigenvalue weighted by molar-refractivity contribution is 7.98. The summed E-state index contributed by atoms with van der Waals surface area (Å²) in [7, 11) is 1.37. The first kappa shape index (κ1) is 18.2. The van der Waals surface area contributed by atoms with Crippen LogP contribution < -0.4 is 0 Å². The molecule has 4 aromatic rings. The molecule has 142 valence electrons. The first-order chi connectivity index (χ1) is 13.7. The van der Waals surface area contributed by atoms with E-state index in [4.69, 9.17) is 4.74 Å². The van der Waals surface area contributed by atoms with Gasteiger partial charge in [-0.25, -0.2) is 9.78 Å². The number of imidazole rings is 1. The van der Waals surface area contributed by atoms with Crippen LogP contribution in [0.15, 0.2) is 60.0 Å². The van der Waals surface area contributed by atoms with E-state index in [1.807, 2.05) is 41.9 Å². The minimum Gasteiger partial charge on any atom is -0.465 e. The van der Waals surface area contributed by atoms with Gasteiger partial charge in [0.1, 0.15) is 11.4 Å². The maximum Gasteiger partial charge on any atom is 0.341 e. The van der Waals surface area contributed by atoms with Crippen LogP contribution in [0, 0.1) is 6.92 Å². The molecule has 7 nitrogen and oxygen atoms in total. The third-order valence-electron chi connectivity index (χ3n) is 4.37. The van der Waals surface area contributed by atoms with Crippen LogP contribution in [0.3, 0.4) is 0 Å². The molecule has 0 aliphatic rings. The number of pyridine rings is 1. The Hall–Kier alpha value is -3.13. The second-order valence-electron chi connectivity index (χ2n) is 6.27. The molecule has 0 N–H and O–H groups in total. The van der Waals surface area contributed by atoms with E-state index in [2.05, 4.69) is 31.9 Å². The molecule has 0 amide bonds. The molecule has 1 aromatic carbocycles. The summed E-state index contributed by atoms with van der Waals surface area (Å²) in [4.78, 5) is 16.5. The lowest BCUT2D eigenvalue weighted by Gasteiger charge is -2.07. The van der Waals surface area contributed by atoms with Gasteiger partial charge in [0.2, 0.25) is 0 Å². The zero-order valence-corrected chi connectivity index (χ0v) is 16.4. The van der Waals surface area contributed by atoms with Gasteiger partial charge >= 0.3 is 5.97 Å². The van der Waals surface area contributed by atoms with Gasteiger partial charge in [-0.3, -0.25) is 0 Å². The number of thioether (sulfide) groups is 1. The number of methoxy groups -OCH3 is 1. The Kier molecular flexibility index (Phi) is 5.12. The summed E-state index contributed by atoms with van der Waals surface area (Å²) in [6, 6.07) is 13.7. The van der Waals surface area contributed by atoms with Crippen molar-refractivity contribution in [3.63, 3.8) is 0 Å². The molecule has 0 bridgehead atoms. The number of carbonyl (C=O) groups excluding carboxylic acids is 1. The van der Waals surface area contributed by atoms with Crippen molar-refractivity contribution in [2.24, 2.45) is 0 Å². The van der Waals surface area contributed by atoms with Gasteiger partial charge in [-0.15, -0.1) is 10.2 Å². The number of carbonyl (C=O) groups is 1. The number of rotatable bonds is 6. The molecule has 4 rings (SSSR count). The number of fused-ring (bicyclic) bond motifs is 1. The van der Waals surface area contributed by atoms with Gasteiger partial charge in [0.25, 0.3) is 0 Å². The average Bonchev–Trinajstić information content (AvgIpc) is 3.30. The molecule has 3 heterocycles. The minimum atomic E-state index is -0.395. The first-order valence-electron chi connectivity index (χ1n) is 8.77. The Bertz CT molecular complexity index is 1120. The molecular formula is C20H19N5O2S. The second-order valence-corrected chi connectivity index (χ2v) is 7.21. The molecule has 8 heteroatoms. The molecule has 0 spiro atoms. The Morgan fingerprint density at radius 2 is 1.96 bits per heavy atom. The van der Waals surface area contributed by atoms with Crippen LogP contribution >= 0.6 is 11.8 Å². The van der Waals surface area contributed by atoms with Gasteiger partial charge in [-0.2, -0.15) is 0 Å². The fourth-order valence-corrected chi connectivity index (χ4v) is 3.82. The number of ether oxygens (including phenoxy) is 1. The minimum absolute atomic E-state index is 0.395. The van der Waals surface area contributed by atoms with E-state index in [1.165, 1.54) is 12.7 Å². The Labute approximate surface area is 166 Å². The normalized spacial score (nSPS) is 11.1. The second kappa shape index (κ2) is 7.85. The number of benzene rings is 1.